The van der Waals surface area contributed by atoms with E-state index in [1.807, 2.05) is 37.3 Å². The number of rotatable bonds is 7. The monoisotopic (exact) mass is 495 g/mol. The minimum atomic E-state index is -0.711. The van der Waals surface area contributed by atoms with Crippen LogP contribution in [0.2, 0.25) is 10.0 Å². The average Bonchev–Trinajstić information content (AvgIpc) is 3.19. The summed E-state index contributed by atoms with van der Waals surface area (Å²) >= 11 is 12.2. The van der Waals surface area contributed by atoms with Gasteiger partial charge in [0, 0.05) is 28.0 Å². The third-order valence-corrected chi connectivity index (χ3v) is 5.85. The van der Waals surface area contributed by atoms with Gasteiger partial charge in [0.25, 0.3) is 5.91 Å². The molecule has 0 spiro atoms. The highest BCUT2D eigenvalue weighted by Gasteiger charge is 2.19. The number of hydrogen-bond acceptors (Lipinski definition) is 3. The molecule has 0 saturated heterocycles. The number of carbonyl (C=O) groups excluding carboxylic acids is 1. The standard InChI is InChI=1S/C26H20Cl2FN3O2/c1-2-5-20-19-6-3-4-7-22(19)32-24(20)26(33)31-14-16-8-9-21(28)25(23(16)29)34-18-11-15(13-30)10-17(27)12-18/h3-4,6-12,32H,2,5,14H2,1H3,(H,31,33). The smallest absolute Gasteiger partial charge is 0.268 e. The first-order valence-corrected chi connectivity index (χ1v) is 11.4. The summed E-state index contributed by atoms with van der Waals surface area (Å²) in [6.45, 7) is 1.98. The lowest BCUT2D eigenvalue weighted by molar-refractivity contribution is 0.0945. The van der Waals surface area contributed by atoms with Gasteiger partial charge in [-0.2, -0.15) is 5.26 Å². The van der Waals surface area contributed by atoms with Gasteiger partial charge in [-0.25, -0.2) is 4.39 Å². The fraction of sp³-hybridized carbons (Fsp3) is 0.154. The molecule has 0 atom stereocenters. The van der Waals surface area contributed by atoms with E-state index in [-0.39, 0.29) is 45.1 Å². The van der Waals surface area contributed by atoms with Crippen LogP contribution in [0.3, 0.4) is 0 Å². The second kappa shape index (κ2) is 10.2. The number of halogens is 3. The molecule has 0 fully saturated rings. The Balaban J connectivity index is 1.57. The predicted octanol–water partition coefficient (Wildman–Crippen LogP) is 7.16. The predicted molar refractivity (Wildman–Crippen MR) is 131 cm³/mol. The number of H-pyrrole nitrogens is 1. The molecule has 4 aromatic rings. The third kappa shape index (κ3) is 4.86. The van der Waals surface area contributed by atoms with Gasteiger partial charge in [-0.3, -0.25) is 4.79 Å². The van der Waals surface area contributed by atoms with Crippen molar-refractivity contribution in [3.63, 3.8) is 0 Å². The molecule has 0 aliphatic carbocycles. The molecule has 2 N–H and O–H groups in total. The number of aryl methyl sites for hydroxylation is 1. The number of amides is 1. The minimum absolute atomic E-state index is 0.0481. The third-order valence-electron chi connectivity index (χ3n) is 5.33. The van der Waals surface area contributed by atoms with E-state index in [1.165, 1.54) is 30.3 Å². The largest absolute Gasteiger partial charge is 0.453 e. The summed E-state index contributed by atoms with van der Waals surface area (Å²) in [6, 6.07) is 17.0. The van der Waals surface area contributed by atoms with E-state index in [2.05, 4.69) is 10.3 Å². The molecule has 1 aromatic heterocycles. The number of nitrogens with one attached hydrogen (secondary N) is 2. The molecule has 0 aliphatic heterocycles. The fourth-order valence-corrected chi connectivity index (χ4v) is 4.18. The number of fused-ring (bicyclic) bond motifs is 1. The molecular formula is C26H20Cl2FN3O2. The van der Waals surface area contributed by atoms with Gasteiger partial charge in [0.2, 0.25) is 0 Å². The number of aromatic amines is 1. The molecule has 4 rings (SSSR count). The number of nitriles is 1. The molecule has 34 heavy (non-hydrogen) atoms. The van der Waals surface area contributed by atoms with E-state index in [9.17, 15) is 4.79 Å². The van der Waals surface area contributed by atoms with Crippen LogP contribution in [0, 0.1) is 17.1 Å². The van der Waals surface area contributed by atoms with Gasteiger partial charge in [-0.15, -0.1) is 0 Å². The van der Waals surface area contributed by atoms with Gasteiger partial charge in [-0.1, -0.05) is 60.8 Å². The Morgan fingerprint density at radius 2 is 1.97 bits per heavy atom. The van der Waals surface area contributed by atoms with E-state index in [4.69, 9.17) is 33.2 Å². The van der Waals surface area contributed by atoms with Crippen LogP contribution in [0.4, 0.5) is 4.39 Å². The molecular weight excluding hydrogens is 476 g/mol. The van der Waals surface area contributed by atoms with Crippen molar-refractivity contribution in [2.24, 2.45) is 0 Å². The van der Waals surface area contributed by atoms with Crippen LogP contribution in [-0.4, -0.2) is 10.9 Å². The Morgan fingerprint density at radius 1 is 1.18 bits per heavy atom. The topological polar surface area (TPSA) is 77.9 Å². The Bertz CT molecular complexity index is 1430. The highest BCUT2D eigenvalue weighted by molar-refractivity contribution is 6.32. The first-order chi connectivity index (χ1) is 16.4. The van der Waals surface area contributed by atoms with Gasteiger partial charge in [0.05, 0.1) is 16.7 Å². The summed E-state index contributed by atoms with van der Waals surface area (Å²) in [5, 5.41) is 13.2. The normalized spacial score (nSPS) is 10.8. The van der Waals surface area contributed by atoms with E-state index in [0.717, 1.165) is 29.3 Å². The van der Waals surface area contributed by atoms with Crippen LogP contribution >= 0.6 is 23.2 Å². The Labute approximate surface area is 206 Å². The van der Waals surface area contributed by atoms with Gasteiger partial charge >= 0.3 is 0 Å². The molecule has 1 amide bonds. The van der Waals surface area contributed by atoms with E-state index in [0.29, 0.717) is 5.69 Å². The molecule has 0 radical (unpaired) electrons. The number of aromatic nitrogens is 1. The number of benzene rings is 3. The van der Waals surface area contributed by atoms with Crippen molar-refractivity contribution in [3.8, 4) is 17.6 Å². The highest BCUT2D eigenvalue weighted by atomic mass is 35.5. The van der Waals surface area contributed by atoms with Gasteiger partial charge in [0.1, 0.15) is 11.4 Å². The summed E-state index contributed by atoms with van der Waals surface area (Å²) in [4.78, 5) is 16.2. The summed E-state index contributed by atoms with van der Waals surface area (Å²) in [5.74, 6) is -1.08. The quantitative estimate of drug-likeness (QED) is 0.285. The van der Waals surface area contributed by atoms with Crippen LogP contribution in [0.5, 0.6) is 11.5 Å². The lowest BCUT2D eigenvalue weighted by Gasteiger charge is -2.13. The van der Waals surface area contributed by atoms with Gasteiger partial charge in [-0.05, 0) is 42.3 Å². The maximum absolute atomic E-state index is 15.3. The average molecular weight is 496 g/mol. The first kappa shape index (κ1) is 23.6. The Kier molecular flexibility index (Phi) is 7.06. The number of carbonyl (C=O) groups is 1. The van der Waals surface area contributed by atoms with Crippen molar-refractivity contribution in [3.05, 3.63) is 92.8 Å². The SMILES string of the molecule is CCCc1c(C(=O)NCc2ccc(Cl)c(Oc3cc(Cl)cc(C#N)c3)c2F)[nH]c2ccccc12. The maximum atomic E-state index is 15.3. The second-order valence-electron chi connectivity index (χ2n) is 7.70. The van der Waals surface area contributed by atoms with Crippen molar-refractivity contribution in [2.75, 3.05) is 0 Å². The first-order valence-electron chi connectivity index (χ1n) is 10.6. The molecule has 0 unspecified atom stereocenters. The highest BCUT2D eigenvalue weighted by Crippen LogP contribution is 2.35. The second-order valence-corrected chi connectivity index (χ2v) is 8.54. The summed E-state index contributed by atoms with van der Waals surface area (Å²) in [7, 11) is 0. The summed E-state index contributed by atoms with van der Waals surface area (Å²) < 4.78 is 20.9. The molecule has 0 aliphatic rings. The molecule has 5 nitrogen and oxygen atoms in total. The van der Waals surface area contributed by atoms with Crippen LogP contribution < -0.4 is 10.1 Å². The van der Waals surface area contributed by atoms with Gasteiger partial charge < -0.3 is 15.0 Å². The molecule has 1 heterocycles. The fourth-order valence-electron chi connectivity index (χ4n) is 3.77. The van der Waals surface area contributed by atoms with Crippen LogP contribution in [0.25, 0.3) is 10.9 Å². The zero-order chi connectivity index (χ0) is 24.2. The van der Waals surface area contributed by atoms with Crippen LogP contribution in [0.15, 0.2) is 54.6 Å². The van der Waals surface area contributed by atoms with E-state index in [1.54, 1.807) is 0 Å². The lowest BCUT2D eigenvalue weighted by atomic mass is 10.1. The van der Waals surface area contributed by atoms with Crippen molar-refractivity contribution in [2.45, 2.75) is 26.3 Å². The maximum Gasteiger partial charge on any atom is 0.268 e. The summed E-state index contributed by atoms with van der Waals surface area (Å²) in [5.41, 5.74) is 2.75. The number of hydrogen-bond donors (Lipinski definition) is 2. The zero-order valence-electron chi connectivity index (χ0n) is 18.2. The van der Waals surface area contributed by atoms with E-state index >= 15 is 4.39 Å². The molecule has 0 bridgehead atoms. The number of ether oxygens (including phenoxy) is 1. The van der Waals surface area contributed by atoms with Crippen molar-refractivity contribution in [1.29, 1.82) is 5.26 Å². The van der Waals surface area contributed by atoms with Crippen molar-refractivity contribution >= 4 is 40.0 Å². The molecule has 8 heteroatoms. The molecule has 3 aromatic carbocycles. The van der Waals surface area contributed by atoms with E-state index < -0.39 is 5.82 Å². The molecule has 0 saturated carbocycles. The Morgan fingerprint density at radius 3 is 2.74 bits per heavy atom. The minimum Gasteiger partial charge on any atom is -0.453 e. The lowest BCUT2D eigenvalue weighted by Crippen LogP contribution is -2.24. The number of para-hydroxylation sites is 1. The Hall–Kier alpha value is -3.53. The zero-order valence-corrected chi connectivity index (χ0v) is 19.7. The van der Waals surface area contributed by atoms with Crippen LogP contribution in [-0.2, 0) is 13.0 Å². The van der Waals surface area contributed by atoms with Gasteiger partial charge in [0.15, 0.2) is 11.6 Å². The number of nitrogens with zero attached hydrogens (tertiary/aromatic N) is 1. The van der Waals surface area contributed by atoms with Crippen LogP contribution in [0.1, 0.15) is 40.5 Å². The van der Waals surface area contributed by atoms with Crippen molar-refractivity contribution < 1.29 is 13.9 Å². The van der Waals surface area contributed by atoms with Crippen molar-refractivity contribution in [1.82, 2.24) is 10.3 Å². The molecule has 172 valence electrons. The summed E-state index contributed by atoms with van der Waals surface area (Å²) in [6.07, 6.45) is 1.62.